The molecule has 0 saturated heterocycles. The second-order valence-electron chi connectivity index (χ2n) is 7.26. The van der Waals surface area contributed by atoms with Gasteiger partial charge in [-0.15, -0.1) is 0 Å². The van der Waals surface area contributed by atoms with E-state index in [9.17, 15) is 13.2 Å². The summed E-state index contributed by atoms with van der Waals surface area (Å²) in [6.45, 7) is 3.92. The highest BCUT2D eigenvalue weighted by Crippen LogP contribution is 2.38. The lowest BCUT2D eigenvalue weighted by atomic mass is 10.0. The molecule has 0 fully saturated rings. The largest absolute Gasteiger partial charge is 0.493 e. The number of benzene rings is 2. The van der Waals surface area contributed by atoms with Gasteiger partial charge in [0.1, 0.15) is 0 Å². The SMILES string of the molecule is COc1ccc(CCNS(=O)(=O)c2ccc3c(c2)C(=C(C)C)C(=O)N3C)cc1OC. The Hall–Kier alpha value is -2.84. The molecule has 8 heteroatoms. The maximum atomic E-state index is 12.8. The third-order valence-corrected chi connectivity index (χ3v) is 6.54. The summed E-state index contributed by atoms with van der Waals surface area (Å²) in [6, 6.07) is 10.2. The first kappa shape index (κ1) is 21.9. The second kappa shape index (κ2) is 8.49. The van der Waals surface area contributed by atoms with E-state index in [4.69, 9.17) is 9.47 Å². The Morgan fingerprint density at radius 1 is 1.03 bits per heavy atom. The maximum absolute atomic E-state index is 12.8. The molecule has 0 aliphatic carbocycles. The van der Waals surface area contributed by atoms with E-state index in [0.717, 1.165) is 11.1 Å². The molecule has 1 amide bonds. The number of fused-ring (bicyclic) bond motifs is 1. The number of amides is 1. The van der Waals surface area contributed by atoms with Crippen molar-refractivity contribution in [2.24, 2.45) is 0 Å². The van der Waals surface area contributed by atoms with Crippen molar-refractivity contribution in [1.82, 2.24) is 4.72 Å². The van der Waals surface area contributed by atoms with Crippen molar-refractivity contribution in [3.05, 3.63) is 53.1 Å². The van der Waals surface area contributed by atoms with Gasteiger partial charge in [0.15, 0.2) is 11.5 Å². The quantitative estimate of drug-likeness (QED) is 0.683. The number of allylic oxidation sites excluding steroid dienone is 1. The highest BCUT2D eigenvalue weighted by Gasteiger charge is 2.31. The van der Waals surface area contributed by atoms with E-state index < -0.39 is 10.0 Å². The first-order valence-corrected chi connectivity index (χ1v) is 11.0. The Balaban J connectivity index is 1.78. The lowest BCUT2D eigenvalue weighted by Gasteiger charge is -2.12. The van der Waals surface area contributed by atoms with Gasteiger partial charge in [0.2, 0.25) is 10.0 Å². The van der Waals surface area contributed by atoms with E-state index in [0.29, 0.717) is 34.7 Å². The summed E-state index contributed by atoms with van der Waals surface area (Å²) in [5, 5.41) is 0. The van der Waals surface area contributed by atoms with Gasteiger partial charge >= 0.3 is 0 Å². The summed E-state index contributed by atoms with van der Waals surface area (Å²) in [7, 11) is 1.08. The third kappa shape index (κ3) is 4.06. The minimum absolute atomic E-state index is 0.124. The molecule has 0 saturated carbocycles. The minimum atomic E-state index is -3.72. The van der Waals surface area contributed by atoms with Crippen LogP contribution in [0.3, 0.4) is 0 Å². The smallest absolute Gasteiger partial charge is 0.258 e. The van der Waals surface area contributed by atoms with Crippen molar-refractivity contribution in [1.29, 1.82) is 0 Å². The summed E-state index contributed by atoms with van der Waals surface area (Å²) < 4.78 is 38.8. The van der Waals surface area contributed by atoms with E-state index in [1.165, 1.54) is 6.07 Å². The zero-order valence-electron chi connectivity index (χ0n) is 17.8. The minimum Gasteiger partial charge on any atom is -0.493 e. The van der Waals surface area contributed by atoms with Crippen molar-refractivity contribution in [3.8, 4) is 11.5 Å². The standard InChI is InChI=1S/C22H26N2O5S/c1-14(2)21-17-13-16(7-8-18(17)24(3)22(21)25)30(26,27)23-11-10-15-6-9-19(28-4)20(12-15)29-5/h6-9,12-13,23H,10-11H2,1-5H3. The molecule has 0 spiro atoms. The number of rotatable bonds is 7. The number of methoxy groups -OCH3 is 2. The van der Waals surface area contributed by atoms with E-state index in [-0.39, 0.29) is 17.3 Å². The molecule has 1 aliphatic heterocycles. The molecule has 160 valence electrons. The molecule has 1 heterocycles. The molecule has 2 aromatic carbocycles. The Morgan fingerprint density at radius 3 is 2.37 bits per heavy atom. The average Bonchev–Trinajstić information content (AvgIpc) is 2.97. The fourth-order valence-electron chi connectivity index (χ4n) is 3.50. The third-order valence-electron chi connectivity index (χ3n) is 5.08. The number of carbonyl (C=O) groups is 1. The van der Waals surface area contributed by atoms with Gasteiger partial charge in [-0.3, -0.25) is 4.79 Å². The molecule has 3 rings (SSSR count). The molecule has 0 aromatic heterocycles. The Kier molecular flexibility index (Phi) is 6.19. The Bertz CT molecular complexity index is 1120. The van der Waals surface area contributed by atoms with Crippen LogP contribution in [0.25, 0.3) is 5.57 Å². The molecule has 1 N–H and O–H groups in total. The highest BCUT2D eigenvalue weighted by atomic mass is 32.2. The Labute approximate surface area is 177 Å². The van der Waals surface area contributed by atoms with Crippen LogP contribution in [0.2, 0.25) is 0 Å². The number of nitrogens with zero attached hydrogens (tertiary/aromatic N) is 1. The number of sulfonamides is 1. The van der Waals surface area contributed by atoms with Gasteiger partial charge in [0.25, 0.3) is 5.91 Å². The van der Waals surface area contributed by atoms with Crippen LogP contribution >= 0.6 is 0 Å². The van der Waals surface area contributed by atoms with Crippen molar-refractivity contribution in [2.75, 3.05) is 32.7 Å². The number of hydrogen-bond acceptors (Lipinski definition) is 5. The molecule has 0 radical (unpaired) electrons. The van der Waals surface area contributed by atoms with Crippen LogP contribution in [0.5, 0.6) is 11.5 Å². The van der Waals surface area contributed by atoms with Crippen LogP contribution < -0.4 is 19.1 Å². The van der Waals surface area contributed by atoms with E-state index >= 15 is 0 Å². The zero-order valence-corrected chi connectivity index (χ0v) is 18.6. The number of carbonyl (C=O) groups excluding carboxylic acids is 1. The zero-order chi connectivity index (χ0) is 22.1. The highest BCUT2D eigenvalue weighted by molar-refractivity contribution is 7.89. The van der Waals surface area contributed by atoms with E-state index in [1.807, 2.05) is 26.0 Å². The molecule has 0 bridgehead atoms. The lowest BCUT2D eigenvalue weighted by molar-refractivity contribution is -0.112. The van der Waals surface area contributed by atoms with Crippen LogP contribution in [0.1, 0.15) is 25.0 Å². The molecular formula is C22H26N2O5S. The van der Waals surface area contributed by atoms with Crippen molar-refractivity contribution in [2.45, 2.75) is 25.2 Å². The fraction of sp³-hybridized carbons (Fsp3) is 0.318. The lowest BCUT2D eigenvalue weighted by Crippen LogP contribution is -2.26. The summed E-state index contributed by atoms with van der Waals surface area (Å²) >= 11 is 0. The van der Waals surface area contributed by atoms with Crippen LogP contribution in [0.4, 0.5) is 5.69 Å². The summed E-state index contributed by atoms with van der Waals surface area (Å²) in [4.78, 5) is 14.2. The van der Waals surface area contributed by atoms with Gasteiger partial charge in [-0.05, 0) is 56.2 Å². The van der Waals surface area contributed by atoms with Gasteiger partial charge in [-0.1, -0.05) is 11.6 Å². The van der Waals surface area contributed by atoms with Gasteiger partial charge < -0.3 is 14.4 Å². The summed E-state index contributed by atoms with van der Waals surface area (Å²) in [5.74, 6) is 1.09. The number of ether oxygens (including phenoxy) is 2. The molecular weight excluding hydrogens is 404 g/mol. The van der Waals surface area contributed by atoms with Crippen LogP contribution in [0, 0.1) is 0 Å². The fourth-order valence-corrected chi connectivity index (χ4v) is 4.56. The predicted molar refractivity (Wildman–Crippen MR) is 117 cm³/mol. The van der Waals surface area contributed by atoms with E-state index in [1.54, 1.807) is 44.4 Å². The monoisotopic (exact) mass is 430 g/mol. The molecule has 30 heavy (non-hydrogen) atoms. The predicted octanol–water partition coefficient (Wildman–Crippen LogP) is 2.99. The van der Waals surface area contributed by atoms with Crippen molar-refractivity contribution >= 4 is 27.2 Å². The van der Waals surface area contributed by atoms with Gasteiger partial charge in [0.05, 0.1) is 24.8 Å². The molecule has 7 nitrogen and oxygen atoms in total. The first-order valence-electron chi connectivity index (χ1n) is 9.50. The van der Waals surface area contributed by atoms with E-state index in [2.05, 4.69) is 4.72 Å². The van der Waals surface area contributed by atoms with Gasteiger partial charge in [0, 0.05) is 24.7 Å². The first-order chi connectivity index (χ1) is 14.2. The van der Waals surface area contributed by atoms with Crippen molar-refractivity contribution < 1.29 is 22.7 Å². The van der Waals surface area contributed by atoms with Crippen LogP contribution in [-0.2, 0) is 21.2 Å². The second-order valence-corrected chi connectivity index (χ2v) is 9.02. The van der Waals surface area contributed by atoms with Crippen LogP contribution in [-0.4, -0.2) is 42.1 Å². The summed E-state index contributed by atoms with van der Waals surface area (Å²) in [6.07, 6.45) is 0.491. The van der Waals surface area contributed by atoms with Gasteiger partial charge in [-0.25, -0.2) is 13.1 Å². The van der Waals surface area contributed by atoms with Crippen molar-refractivity contribution in [3.63, 3.8) is 0 Å². The normalized spacial score (nSPS) is 13.4. The Morgan fingerprint density at radius 2 is 1.73 bits per heavy atom. The van der Waals surface area contributed by atoms with Gasteiger partial charge in [-0.2, -0.15) is 0 Å². The number of likely N-dealkylation sites (N-methyl/N-ethyl adjacent to an activating group) is 1. The number of hydrogen-bond donors (Lipinski definition) is 1. The number of anilines is 1. The topological polar surface area (TPSA) is 84.9 Å². The molecule has 2 aromatic rings. The maximum Gasteiger partial charge on any atom is 0.258 e. The molecule has 0 unspecified atom stereocenters. The van der Waals surface area contributed by atoms with Crippen LogP contribution in [0.15, 0.2) is 46.9 Å². The molecule has 0 atom stereocenters. The summed E-state index contributed by atoms with van der Waals surface area (Å²) in [5.41, 5.74) is 3.67. The average molecular weight is 431 g/mol. The molecule has 1 aliphatic rings. The number of nitrogens with one attached hydrogen (secondary N) is 1.